The highest BCUT2D eigenvalue weighted by Crippen LogP contribution is 1.99. The Bertz CT molecular complexity index is 213. The summed E-state index contributed by atoms with van der Waals surface area (Å²) in [5.74, 6) is -0.339. The molecule has 1 N–H and O–H groups in total. The minimum atomic E-state index is -0.339. The van der Waals surface area contributed by atoms with Crippen molar-refractivity contribution in [3.63, 3.8) is 0 Å². The minimum Gasteiger partial charge on any atom is -0.462 e. The molecule has 0 saturated carbocycles. The van der Waals surface area contributed by atoms with Gasteiger partial charge in [0.15, 0.2) is 0 Å². The third-order valence-electron chi connectivity index (χ3n) is 2.21. The largest absolute Gasteiger partial charge is 0.462 e. The van der Waals surface area contributed by atoms with Crippen molar-refractivity contribution in [2.75, 3.05) is 26.4 Å². The van der Waals surface area contributed by atoms with E-state index in [2.05, 4.69) is 6.58 Å². The van der Waals surface area contributed by atoms with Crippen molar-refractivity contribution in [1.82, 2.24) is 0 Å². The SMILES string of the molecule is C=C(C)C(=O)OCCCOCCCCCCO. The quantitative estimate of drug-likeness (QED) is 0.343. The van der Waals surface area contributed by atoms with E-state index in [1.54, 1.807) is 6.92 Å². The number of hydrogen-bond donors (Lipinski definition) is 1. The van der Waals surface area contributed by atoms with Crippen LogP contribution in [0, 0.1) is 0 Å². The van der Waals surface area contributed by atoms with Crippen LogP contribution in [-0.4, -0.2) is 37.5 Å². The standard InChI is InChI=1S/C13H24O4/c1-12(2)13(15)17-11-7-10-16-9-6-4-3-5-8-14/h14H,1,3-11H2,2H3. The van der Waals surface area contributed by atoms with Gasteiger partial charge in [0.05, 0.1) is 6.61 Å². The molecule has 4 heteroatoms. The average Bonchev–Trinajstić information content (AvgIpc) is 2.31. The van der Waals surface area contributed by atoms with E-state index in [4.69, 9.17) is 14.6 Å². The van der Waals surface area contributed by atoms with Gasteiger partial charge in [-0.1, -0.05) is 19.4 Å². The Morgan fingerprint density at radius 2 is 1.71 bits per heavy atom. The predicted molar refractivity (Wildman–Crippen MR) is 66.8 cm³/mol. The summed E-state index contributed by atoms with van der Waals surface area (Å²) in [7, 11) is 0. The Kier molecular flexibility index (Phi) is 11.0. The van der Waals surface area contributed by atoms with Crippen molar-refractivity contribution in [1.29, 1.82) is 0 Å². The van der Waals surface area contributed by atoms with Crippen LogP contribution >= 0.6 is 0 Å². The zero-order valence-corrected chi connectivity index (χ0v) is 10.7. The van der Waals surface area contributed by atoms with Crippen molar-refractivity contribution >= 4 is 5.97 Å². The maximum absolute atomic E-state index is 11.0. The molecule has 0 spiro atoms. The first kappa shape index (κ1) is 16.1. The van der Waals surface area contributed by atoms with Gasteiger partial charge in [-0.3, -0.25) is 0 Å². The smallest absolute Gasteiger partial charge is 0.333 e. The van der Waals surface area contributed by atoms with Crippen molar-refractivity contribution < 1.29 is 19.4 Å². The van der Waals surface area contributed by atoms with E-state index in [-0.39, 0.29) is 12.6 Å². The van der Waals surface area contributed by atoms with Gasteiger partial charge in [-0.25, -0.2) is 4.79 Å². The fraction of sp³-hybridized carbons (Fsp3) is 0.769. The summed E-state index contributed by atoms with van der Waals surface area (Å²) in [6.45, 7) is 7.13. The number of carbonyl (C=O) groups excluding carboxylic acids is 1. The van der Waals surface area contributed by atoms with Crippen molar-refractivity contribution in [3.05, 3.63) is 12.2 Å². The van der Waals surface area contributed by atoms with Gasteiger partial charge in [-0.15, -0.1) is 0 Å². The third kappa shape index (κ3) is 11.4. The second-order valence-electron chi connectivity index (χ2n) is 4.02. The van der Waals surface area contributed by atoms with Gasteiger partial charge in [0.25, 0.3) is 0 Å². The highest BCUT2D eigenvalue weighted by molar-refractivity contribution is 5.86. The molecule has 17 heavy (non-hydrogen) atoms. The van der Waals surface area contributed by atoms with Crippen LogP contribution in [0.15, 0.2) is 12.2 Å². The molecule has 0 atom stereocenters. The molecule has 0 amide bonds. The average molecular weight is 244 g/mol. The van der Waals surface area contributed by atoms with Crippen LogP contribution in [0.3, 0.4) is 0 Å². The Labute approximate surface area is 104 Å². The van der Waals surface area contributed by atoms with E-state index in [1.165, 1.54) is 0 Å². The Morgan fingerprint density at radius 1 is 1.06 bits per heavy atom. The van der Waals surface area contributed by atoms with E-state index in [9.17, 15) is 4.79 Å². The van der Waals surface area contributed by atoms with E-state index in [0.717, 1.165) is 38.7 Å². The lowest BCUT2D eigenvalue weighted by molar-refractivity contribution is -0.139. The molecule has 0 aromatic carbocycles. The van der Waals surface area contributed by atoms with E-state index < -0.39 is 0 Å². The summed E-state index contributed by atoms with van der Waals surface area (Å²) < 4.78 is 10.3. The second-order valence-corrected chi connectivity index (χ2v) is 4.02. The summed E-state index contributed by atoms with van der Waals surface area (Å²) in [6.07, 6.45) is 4.75. The molecule has 0 aliphatic heterocycles. The molecule has 0 bridgehead atoms. The summed E-state index contributed by atoms with van der Waals surface area (Å²) in [4.78, 5) is 11.0. The summed E-state index contributed by atoms with van der Waals surface area (Å²) in [5, 5.41) is 8.57. The van der Waals surface area contributed by atoms with Crippen molar-refractivity contribution in [2.24, 2.45) is 0 Å². The summed E-state index contributed by atoms with van der Waals surface area (Å²) in [6, 6.07) is 0. The molecule has 0 unspecified atom stereocenters. The molecule has 0 aromatic rings. The molecule has 0 rings (SSSR count). The zero-order valence-electron chi connectivity index (χ0n) is 10.7. The number of aliphatic hydroxyl groups excluding tert-OH is 1. The first-order valence-corrected chi connectivity index (χ1v) is 6.19. The van der Waals surface area contributed by atoms with E-state index >= 15 is 0 Å². The van der Waals surface area contributed by atoms with Crippen LogP contribution in [0.5, 0.6) is 0 Å². The number of esters is 1. The molecule has 0 radical (unpaired) electrons. The van der Waals surface area contributed by atoms with E-state index in [0.29, 0.717) is 18.8 Å². The highest BCUT2D eigenvalue weighted by Gasteiger charge is 2.01. The number of carbonyl (C=O) groups is 1. The van der Waals surface area contributed by atoms with Gasteiger partial charge in [-0.2, -0.15) is 0 Å². The van der Waals surface area contributed by atoms with Crippen LogP contribution < -0.4 is 0 Å². The number of hydrogen-bond acceptors (Lipinski definition) is 4. The Hall–Kier alpha value is -0.870. The Balaban J connectivity index is 3.08. The van der Waals surface area contributed by atoms with Gasteiger partial charge >= 0.3 is 5.97 Å². The third-order valence-corrected chi connectivity index (χ3v) is 2.21. The number of rotatable bonds is 11. The normalized spacial score (nSPS) is 10.2. The first-order chi connectivity index (χ1) is 8.18. The molecule has 0 aliphatic rings. The van der Waals surface area contributed by atoms with Crippen molar-refractivity contribution in [2.45, 2.75) is 39.0 Å². The van der Waals surface area contributed by atoms with Crippen LogP contribution in [0.4, 0.5) is 0 Å². The fourth-order valence-electron chi connectivity index (χ4n) is 1.22. The molecular formula is C13H24O4. The van der Waals surface area contributed by atoms with Gasteiger partial charge in [0, 0.05) is 31.8 Å². The van der Waals surface area contributed by atoms with Crippen LogP contribution in [-0.2, 0) is 14.3 Å². The van der Waals surface area contributed by atoms with Gasteiger partial charge < -0.3 is 14.6 Å². The monoisotopic (exact) mass is 244 g/mol. The fourth-order valence-corrected chi connectivity index (χ4v) is 1.22. The second kappa shape index (κ2) is 11.6. The lowest BCUT2D eigenvalue weighted by Gasteiger charge is -2.05. The minimum absolute atomic E-state index is 0.273. The van der Waals surface area contributed by atoms with Crippen molar-refractivity contribution in [3.8, 4) is 0 Å². The highest BCUT2D eigenvalue weighted by atomic mass is 16.5. The van der Waals surface area contributed by atoms with Crippen LogP contribution in [0.25, 0.3) is 0 Å². The number of aliphatic hydroxyl groups is 1. The molecule has 0 saturated heterocycles. The number of unbranched alkanes of at least 4 members (excludes halogenated alkanes) is 3. The van der Waals surface area contributed by atoms with E-state index in [1.807, 2.05) is 0 Å². The first-order valence-electron chi connectivity index (χ1n) is 6.19. The van der Waals surface area contributed by atoms with Gasteiger partial charge in [-0.05, 0) is 19.8 Å². The van der Waals surface area contributed by atoms with Gasteiger partial charge in [0.2, 0.25) is 0 Å². The maximum atomic E-state index is 11.0. The molecule has 100 valence electrons. The predicted octanol–water partition coefficient (Wildman–Crippen LogP) is 2.07. The van der Waals surface area contributed by atoms with Crippen LogP contribution in [0.1, 0.15) is 39.0 Å². The molecule has 4 nitrogen and oxygen atoms in total. The van der Waals surface area contributed by atoms with Crippen LogP contribution in [0.2, 0.25) is 0 Å². The maximum Gasteiger partial charge on any atom is 0.333 e. The molecule has 0 aliphatic carbocycles. The van der Waals surface area contributed by atoms with Gasteiger partial charge in [0.1, 0.15) is 0 Å². The molecule has 0 aromatic heterocycles. The summed E-state index contributed by atoms with van der Waals surface area (Å²) in [5.41, 5.74) is 0.426. The zero-order chi connectivity index (χ0) is 12.9. The molecular weight excluding hydrogens is 220 g/mol. The molecule has 0 heterocycles. The summed E-state index contributed by atoms with van der Waals surface area (Å²) >= 11 is 0. The number of ether oxygens (including phenoxy) is 2. The lowest BCUT2D eigenvalue weighted by atomic mass is 10.2. The lowest BCUT2D eigenvalue weighted by Crippen LogP contribution is -2.08. The Morgan fingerprint density at radius 3 is 2.35 bits per heavy atom. The molecule has 0 fully saturated rings. The topological polar surface area (TPSA) is 55.8 Å².